The molecule has 0 unspecified atom stereocenters. The van der Waals surface area contributed by atoms with Crippen LogP contribution in [0.1, 0.15) is 24.8 Å². The first-order valence-corrected chi connectivity index (χ1v) is 6.40. The lowest BCUT2D eigenvalue weighted by atomic mass is 9.89. The number of nitrogens with two attached hydrogens (primary N) is 1. The maximum Gasteiger partial charge on any atom is 0.161 e. The van der Waals surface area contributed by atoms with Gasteiger partial charge in [0.25, 0.3) is 0 Å². The van der Waals surface area contributed by atoms with Gasteiger partial charge in [-0.25, -0.2) is 0 Å². The summed E-state index contributed by atoms with van der Waals surface area (Å²) in [7, 11) is 1.65. The molecule has 1 aromatic carbocycles. The topological polar surface area (TPSA) is 53.7 Å². The molecule has 0 bridgehead atoms. The highest BCUT2D eigenvalue weighted by atomic mass is 16.5. The molecule has 2 rings (SSSR count). The summed E-state index contributed by atoms with van der Waals surface area (Å²) in [5, 5.41) is 0. The Hall–Kier alpha value is -1.26. The van der Waals surface area contributed by atoms with Crippen molar-refractivity contribution in [1.29, 1.82) is 0 Å². The lowest BCUT2D eigenvalue weighted by Gasteiger charge is -2.29. The number of methoxy groups -OCH3 is 1. The van der Waals surface area contributed by atoms with Gasteiger partial charge < -0.3 is 19.9 Å². The number of rotatable bonds is 4. The predicted octanol–water partition coefficient (Wildman–Crippen LogP) is 1.93. The summed E-state index contributed by atoms with van der Waals surface area (Å²) in [6.07, 6.45) is 0.903. The molecule has 1 fully saturated rings. The fourth-order valence-electron chi connectivity index (χ4n) is 2.29. The van der Waals surface area contributed by atoms with Crippen LogP contribution in [0.3, 0.4) is 0 Å². The van der Waals surface area contributed by atoms with E-state index in [0.717, 1.165) is 30.1 Å². The summed E-state index contributed by atoms with van der Waals surface area (Å²) >= 11 is 0. The highest BCUT2D eigenvalue weighted by Crippen LogP contribution is 2.33. The Labute approximate surface area is 108 Å². The maximum atomic E-state index is 6.15. The highest BCUT2D eigenvalue weighted by molar-refractivity contribution is 5.44. The third-order valence-electron chi connectivity index (χ3n) is 3.33. The first-order chi connectivity index (χ1) is 8.76. The van der Waals surface area contributed by atoms with Crippen molar-refractivity contribution in [3.05, 3.63) is 23.8 Å². The summed E-state index contributed by atoms with van der Waals surface area (Å²) in [4.78, 5) is 0. The van der Waals surface area contributed by atoms with Crippen molar-refractivity contribution in [2.75, 3.05) is 26.9 Å². The zero-order valence-corrected chi connectivity index (χ0v) is 11.0. The van der Waals surface area contributed by atoms with E-state index in [0.29, 0.717) is 13.2 Å². The Balaban J connectivity index is 2.24. The highest BCUT2D eigenvalue weighted by Gasteiger charge is 2.25. The van der Waals surface area contributed by atoms with Crippen LogP contribution < -0.4 is 15.2 Å². The number of hydrogen-bond acceptors (Lipinski definition) is 4. The molecule has 0 aliphatic carbocycles. The molecule has 2 atom stereocenters. The van der Waals surface area contributed by atoms with Crippen LogP contribution in [-0.4, -0.2) is 33.0 Å². The molecule has 1 aliphatic heterocycles. The van der Waals surface area contributed by atoms with Gasteiger partial charge in [-0.05, 0) is 31.0 Å². The molecule has 1 saturated heterocycles. The van der Waals surface area contributed by atoms with Gasteiger partial charge in [-0.1, -0.05) is 6.07 Å². The van der Waals surface area contributed by atoms with Crippen LogP contribution >= 0.6 is 0 Å². The number of ether oxygens (including phenoxy) is 3. The number of benzene rings is 1. The minimum atomic E-state index is 0.154. The predicted molar refractivity (Wildman–Crippen MR) is 70.3 cm³/mol. The van der Waals surface area contributed by atoms with Gasteiger partial charge in [0.05, 0.1) is 20.3 Å². The minimum Gasteiger partial charge on any atom is -0.493 e. The SMILES string of the molecule is CCOc1cc([C@@H]2COCC[C@H]2N)ccc1OC. The van der Waals surface area contributed by atoms with Gasteiger partial charge in [-0.2, -0.15) is 0 Å². The summed E-state index contributed by atoms with van der Waals surface area (Å²) < 4.78 is 16.4. The van der Waals surface area contributed by atoms with E-state index >= 15 is 0 Å². The van der Waals surface area contributed by atoms with Crippen LogP contribution in [0.5, 0.6) is 11.5 Å². The lowest BCUT2D eigenvalue weighted by Crippen LogP contribution is -2.36. The molecule has 0 aromatic heterocycles. The second-order valence-corrected chi connectivity index (χ2v) is 4.48. The molecule has 2 N–H and O–H groups in total. The van der Waals surface area contributed by atoms with Crippen LogP contribution in [0, 0.1) is 0 Å². The zero-order valence-electron chi connectivity index (χ0n) is 11.0. The fraction of sp³-hybridized carbons (Fsp3) is 0.571. The van der Waals surface area contributed by atoms with Crippen molar-refractivity contribution in [2.24, 2.45) is 5.73 Å². The van der Waals surface area contributed by atoms with E-state index < -0.39 is 0 Å². The Kier molecular flexibility index (Phi) is 4.44. The Morgan fingerprint density at radius 1 is 1.39 bits per heavy atom. The molecule has 0 radical (unpaired) electrons. The second kappa shape index (κ2) is 6.07. The lowest BCUT2D eigenvalue weighted by molar-refractivity contribution is 0.0690. The smallest absolute Gasteiger partial charge is 0.161 e. The normalized spacial score (nSPS) is 23.7. The van der Waals surface area contributed by atoms with Crippen molar-refractivity contribution in [2.45, 2.75) is 25.3 Å². The van der Waals surface area contributed by atoms with Gasteiger partial charge in [0.1, 0.15) is 0 Å². The minimum absolute atomic E-state index is 0.154. The molecular formula is C14H21NO3. The second-order valence-electron chi connectivity index (χ2n) is 4.48. The van der Waals surface area contributed by atoms with Crippen molar-refractivity contribution >= 4 is 0 Å². The van der Waals surface area contributed by atoms with Crippen LogP contribution in [0.15, 0.2) is 18.2 Å². The van der Waals surface area contributed by atoms with E-state index in [4.69, 9.17) is 19.9 Å². The Morgan fingerprint density at radius 3 is 2.89 bits per heavy atom. The van der Waals surface area contributed by atoms with Gasteiger partial charge in [0.15, 0.2) is 11.5 Å². The van der Waals surface area contributed by atoms with E-state index in [1.165, 1.54) is 0 Å². The summed E-state index contributed by atoms with van der Waals surface area (Å²) in [5.74, 6) is 1.77. The maximum absolute atomic E-state index is 6.15. The molecule has 1 aromatic rings. The molecule has 100 valence electrons. The van der Waals surface area contributed by atoms with Crippen LogP contribution in [0.2, 0.25) is 0 Å². The van der Waals surface area contributed by atoms with E-state index in [9.17, 15) is 0 Å². The van der Waals surface area contributed by atoms with Gasteiger partial charge in [-0.3, -0.25) is 0 Å². The van der Waals surface area contributed by atoms with Crippen molar-refractivity contribution < 1.29 is 14.2 Å². The molecule has 4 heteroatoms. The number of hydrogen-bond donors (Lipinski definition) is 1. The average molecular weight is 251 g/mol. The molecule has 18 heavy (non-hydrogen) atoms. The van der Waals surface area contributed by atoms with Gasteiger partial charge in [0.2, 0.25) is 0 Å². The molecule has 4 nitrogen and oxygen atoms in total. The molecule has 0 spiro atoms. The van der Waals surface area contributed by atoms with E-state index in [2.05, 4.69) is 0 Å². The quantitative estimate of drug-likeness (QED) is 0.888. The third kappa shape index (κ3) is 2.76. The average Bonchev–Trinajstić information content (AvgIpc) is 2.40. The monoisotopic (exact) mass is 251 g/mol. The fourth-order valence-corrected chi connectivity index (χ4v) is 2.29. The summed E-state index contributed by atoms with van der Waals surface area (Å²) in [5.41, 5.74) is 7.31. The molecular weight excluding hydrogens is 230 g/mol. The van der Waals surface area contributed by atoms with E-state index in [1.54, 1.807) is 7.11 Å². The third-order valence-corrected chi connectivity index (χ3v) is 3.33. The first-order valence-electron chi connectivity index (χ1n) is 6.40. The molecule has 0 amide bonds. The van der Waals surface area contributed by atoms with E-state index in [1.807, 2.05) is 25.1 Å². The van der Waals surface area contributed by atoms with Crippen LogP contribution in [-0.2, 0) is 4.74 Å². The Morgan fingerprint density at radius 2 is 2.22 bits per heavy atom. The van der Waals surface area contributed by atoms with Gasteiger partial charge in [-0.15, -0.1) is 0 Å². The van der Waals surface area contributed by atoms with Crippen molar-refractivity contribution in [3.8, 4) is 11.5 Å². The molecule has 1 aliphatic rings. The van der Waals surface area contributed by atoms with Gasteiger partial charge in [0, 0.05) is 18.6 Å². The molecule has 1 heterocycles. The zero-order chi connectivity index (χ0) is 13.0. The first kappa shape index (κ1) is 13.2. The largest absolute Gasteiger partial charge is 0.493 e. The van der Waals surface area contributed by atoms with E-state index in [-0.39, 0.29) is 12.0 Å². The summed E-state index contributed by atoms with van der Waals surface area (Å²) in [6, 6.07) is 6.14. The van der Waals surface area contributed by atoms with Crippen LogP contribution in [0.4, 0.5) is 0 Å². The van der Waals surface area contributed by atoms with Crippen molar-refractivity contribution in [1.82, 2.24) is 0 Å². The summed E-state index contributed by atoms with van der Waals surface area (Å²) in [6.45, 7) is 4.01. The van der Waals surface area contributed by atoms with Crippen LogP contribution in [0.25, 0.3) is 0 Å². The molecule has 0 saturated carbocycles. The van der Waals surface area contributed by atoms with Crippen molar-refractivity contribution in [3.63, 3.8) is 0 Å². The van der Waals surface area contributed by atoms with Gasteiger partial charge >= 0.3 is 0 Å². The Bertz CT molecular complexity index is 395. The standard InChI is InChI=1S/C14H21NO3/c1-3-18-14-8-10(4-5-13(14)16-2)11-9-17-7-6-12(11)15/h4-5,8,11-12H,3,6-7,9,15H2,1-2H3/t11-,12+/m0/s1.